The van der Waals surface area contributed by atoms with Crippen LogP contribution in [-0.4, -0.2) is 47.6 Å². The molecule has 7 heteroatoms. The van der Waals surface area contributed by atoms with E-state index in [9.17, 15) is 9.18 Å². The molecule has 2 aliphatic rings. The first-order chi connectivity index (χ1) is 13.1. The van der Waals surface area contributed by atoms with Crippen LogP contribution in [0.3, 0.4) is 0 Å². The summed E-state index contributed by atoms with van der Waals surface area (Å²) in [6.45, 7) is 5.55. The number of rotatable bonds is 6. The third kappa shape index (κ3) is 4.73. The molecule has 1 aromatic rings. The van der Waals surface area contributed by atoms with Crippen molar-refractivity contribution in [3.8, 4) is 6.07 Å². The first kappa shape index (κ1) is 19.5. The van der Waals surface area contributed by atoms with Crippen molar-refractivity contribution in [2.75, 3.05) is 29.4 Å². The standard InChI is InChI=1S/C20H22AsFN3O2/c1-2-8-21-13-17-14-25(20(26)27-17)16-3-4-19(18(22)12-16)24-10-6-15(5-9-23)7-11-24/h2-5,12,17H,1,6-8,10-11,13-14H2. The quantitative estimate of drug-likeness (QED) is 0.297. The second-order valence-corrected chi connectivity index (χ2v) is 9.02. The predicted octanol–water partition coefficient (Wildman–Crippen LogP) is 3.93. The Morgan fingerprint density at radius 1 is 1.41 bits per heavy atom. The van der Waals surface area contributed by atoms with E-state index in [1.807, 2.05) is 11.0 Å². The van der Waals surface area contributed by atoms with Crippen molar-refractivity contribution >= 4 is 33.2 Å². The number of nitrogens with zero attached hydrogens (tertiary/aromatic N) is 3. The molecular weight excluding hydrogens is 408 g/mol. The minimum absolute atomic E-state index is 0.0908. The zero-order chi connectivity index (χ0) is 19.2. The summed E-state index contributed by atoms with van der Waals surface area (Å²) < 4.78 is 20.1. The zero-order valence-electron chi connectivity index (χ0n) is 15.1. The van der Waals surface area contributed by atoms with Gasteiger partial charge in [0.15, 0.2) is 0 Å². The molecule has 1 aromatic carbocycles. The predicted molar refractivity (Wildman–Crippen MR) is 105 cm³/mol. The van der Waals surface area contributed by atoms with E-state index in [1.54, 1.807) is 18.2 Å². The average Bonchev–Trinajstić information content (AvgIpc) is 3.03. The molecule has 0 bridgehead atoms. The molecule has 5 nitrogen and oxygen atoms in total. The van der Waals surface area contributed by atoms with Gasteiger partial charge in [-0.1, -0.05) is 0 Å². The Bertz CT molecular complexity index is 780. The van der Waals surface area contributed by atoms with Gasteiger partial charge in [-0.2, -0.15) is 5.26 Å². The monoisotopic (exact) mass is 430 g/mol. The average molecular weight is 430 g/mol. The fourth-order valence-corrected chi connectivity index (χ4v) is 5.03. The molecule has 1 amide bonds. The van der Waals surface area contributed by atoms with Crippen LogP contribution in [0.15, 0.2) is 42.5 Å². The second-order valence-electron chi connectivity index (χ2n) is 6.55. The van der Waals surface area contributed by atoms with Crippen molar-refractivity contribution < 1.29 is 13.9 Å². The van der Waals surface area contributed by atoms with Gasteiger partial charge in [-0.15, -0.1) is 0 Å². The minimum atomic E-state index is -0.406. The number of anilines is 2. The molecule has 1 atom stereocenters. The van der Waals surface area contributed by atoms with E-state index < -0.39 is 6.09 Å². The molecule has 2 fully saturated rings. The van der Waals surface area contributed by atoms with Crippen LogP contribution in [0.2, 0.25) is 10.4 Å². The van der Waals surface area contributed by atoms with Gasteiger partial charge in [-0.25, -0.2) is 0 Å². The summed E-state index contributed by atoms with van der Waals surface area (Å²) in [6.07, 6.45) is 4.49. The van der Waals surface area contributed by atoms with Gasteiger partial charge in [0.1, 0.15) is 0 Å². The Hall–Kier alpha value is -2.25. The molecule has 0 saturated carbocycles. The number of carbonyl (C=O) groups excluding carboxylic acids is 1. The summed E-state index contributed by atoms with van der Waals surface area (Å²) in [7, 11) is 0. The van der Waals surface area contributed by atoms with Gasteiger partial charge < -0.3 is 0 Å². The maximum atomic E-state index is 14.7. The summed E-state index contributed by atoms with van der Waals surface area (Å²) in [4.78, 5) is 15.6. The van der Waals surface area contributed by atoms with E-state index in [4.69, 9.17) is 10.00 Å². The number of cyclic esters (lactones) is 1. The Morgan fingerprint density at radius 2 is 2.19 bits per heavy atom. The number of hydrogen-bond donors (Lipinski definition) is 0. The molecule has 2 saturated heterocycles. The molecule has 1 radical (unpaired) electrons. The van der Waals surface area contributed by atoms with E-state index >= 15 is 0 Å². The third-order valence-electron chi connectivity index (χ3n) is 4.72. The van der Waals surface area contributed by atoms with Crippen LogP contribution in [0.5, 0.6) is 0 Å². The van der Waals surface area contributed by atoms with Gasteiger partial charge in [0.05, 0.1) is 6.07 Å². The first-order valence-corrected chi connectivity index (χ1v) is 11.6. The summed E-state index contributed by atoms with van der Waals surface area (Å²) >= 11 is 0.0908. The summed E-state index contributed by atoms with van der Waals surface area (Å²) in [5, 5.41) is 10.6. The number of nitriles is 1. The molecule has 0 spiro atoms. The normalized spacial score (nSPS) is 20.1. The van der Waals surface area contributed by atoms with Gasteiger partial charge in [0.2, 0.25) is 0 Å². The molecule has 0 aromatic heterocycles. The Labute approximate surface area is 165 Å². The third-order valence-corrected chi connectivity index (χ3v) is 7.20. The molecule has 0 N–H and O–H groups in total. The van der Waals surface area contributed by atoms with E-state index in [0.717, 1.165) is 28.8 Å². The topological polar surface area (TPSA) is 56.6 Å². The Morgan fingerprint density at radius 3 is 2.85 bits per heavy atom. The molecule has 27 heavy (non-hydrogen) atoms. The van der Waals surface area contributed by atoms with E-state index in [2.05, 4.69) is 12.6 Å². The van der Waals surface area contributed by atoms with Crippen molar-refractivity contribution in [1.82, 2.24) is 0 Å². The molecule has 0 aliphatic carbocycles. The van der Waals surface area contributed by atoms with Crippen LogP contribution < -0.4 is 9.80 Å². The summed E-state index contributed by atoms with van der Waals surface area (Å²) in [5.41, 5.74) is 2.18. The Kier molecular flexibility index (Phi) is 6.58. The number of amides is 1. The number of hydrogen-bond acceptors (Lipinski definition) is 4. The van der Waals surface area contributed by atoms with Crippen molar-refractivity contribution in [2.24, 2.45) is 0 Å². The fourth-order valence-electron chi connectivity index (χ4n) is 3.33. The van der Waals surface area contributed by atoms with Crippen LogP contribution in [0.4, 0.5) is 20.6 Å². The second kappa shape index (κ2) is 9.10. The van der Waals surface area contributed by atoms with Crippen LogP contribution in [0.1, 0.15) is 12.8 Å². The van der Waals surface area contributed by atoms with Gasteiger partial charge in [-0.3, -0.25) is 0 Å². The van der Waals surface area contributed by atoms with Crippen molar-refractivity contribution in [1.29, 1.82) is 5.26 Å². The number of piperidine rings is 1. The van der Waals surface area contributed by atoms with Crippen molar-refractivity contribution in [3.63, 3.8) is 0 Å². The van der Waals surface area contributed by atoms with E-state index in [-0.39, 0.29) is 27.7 Å². The number of allylic oxidation sites excluding steroid dienone is 2. The van der Waals surface area contributed by atoms with Crippen molar-refractivity contribution in [2.45, 2.75) is 29.4 Å². The number of benzene rings is 1. The van der Waals surface area contributed by atoms with Gasteiger partial charge in [0.25, 0.3) is 0 Å². The molecule has 2 heterocycles. The fraction of sp³-hybridized carbons (Fsp3) is 0.400. The zero-order valence-corrected chi connectivity index (χ0v) is 17.0. The molecule has 3 rings (SSSR count). The SMILES string of the molecule is C=CC[As]CC1CN(c2ccc(N3CCC(=CC#N)CC3)c(F)c2)C(=O)O1. The van der Waals surface area contributed by atoms with Gasteiger partial charge >= 0.3 is 148 Å². The summed E-state index contributed by atoms with van der Waals surface area (Å²) in [5.74, 6) is -0.338. The summed E-state index contributed by atoms with van der Waals surface area (Å²) in [6, 6.07) is 6.98. The van der Waals surface area contributed by atoms with Crippen LogP contribution in [-0.2, 0) is 4.74 Å². The van der Waals surface area contributed by atoms with Gasteiger partial charge in [-0.05, 0) is 0 Å². The first-order valence-electron chi connectivity index (χ1n) is 8.96. The maximum absolute atomic E-state index is 14.7. The van der Waals surface area contributed by atoms with Crippen LogP contribution in [0, 0.1) is 17.1 Å². The van der Waals surface area contributed by atoms with Crippen LogP contribution >= 0.6 is 0 Å². The van der Waals surface area contributed by atoms with Crippen molar-refractivity contribution in [3.05, 3.63) is 48.3 Å². The molecule has 1 unspecified atom stereocenters. The van der Waals surface area contributed by atoms with E-state index in [0.29, 0.717) is 31.0 Å². The molecule has 2 aliphatic heterocycles. The number of ether oxygens (including phenoxy) is 1. The van der Waals surface area contributed by atoms with Gasteiger partial charge in [0, 0.05) is 6.08 Å². The molecule has 141 valence electrons. The molecular formula is C20H22AsFN3O2. The number of halogens is 1. The number of carbonyl (C=O) groups is 1. The Balaban J connectivity index is 1.65. The van der Waals surface area contributed by atoms with Crippen LogP contribution in [0.25, 0.3) is 0 Å². The van der Waals surface area contributed by atoms with E-state index in [1.165, 1.54) is 11.0 Å².